The van der Waals surface area contributed by atoms with Gasteiger partial charge in [0.15, 0.2) is 0 Å². The summed E-state index contributed by atoms with van der Waals surface area (Å²) in [7, 11) is 0. The van der Waals surface area contributed by atoms with E-state index in [2.05, 4.69) is 79.7 Å². The largest absolute Gasteiger partial charge is 0.366 e. The van der Waals surface area contributed by atoms with E-state index in [1.165, 1.54) is 11.1 Å². The molecule has 2 aromatic carbocycles. The Morgan fingerprint density at radius 2 is 1.58 bits per heavy atom. The van der Waals surface area contributed by atoms with Crippen molar-refractivity contribution in [3.8, 4) is 11.3 Å². The summed E-state index contributed by atoms with van der Waals surface area (Å²) < 4.78 is 0. The zero-order valence-corrected chi connectivity index (χ0v) is 15.9. The molecular weight excluding hydrogens is 320 g/mol. The molecule has 3 aromatic rings. The van der Waals surface area contributed by atoms with Crippen molar-refractivity contribution in [1.29, 1.82) is 0 Å². The molecule has 0 bridgehead atoms. The van der Waals surface area contributed by atoms with Gasteiger partial charge in [-0.3, -0.25) is 0 Å². The van der Waals surface area contributed by atoms with Crippen molar-refractivity contribution in [2.75, 3.05) is 10.6 Å². The van der Waals surface area contributed by atoms with E-state index in [1.54, 1.807) is 0 Å². The highest BCUT2D eigenvalue weighted by atomic mass is 15.2. The van der Waals surface area contributed by atoms with Crippen LogP contribution in [0.1, 0.15) is 31.9 Å². The van der Waals surface area contributed by atoms with Gasteiger partial charge in [0, 0.05) is 23.7 Å². The van der Waals surface area contributed by atoms with E-state index in [-0.39, 0.29) is 5.54 Å². The first-order valence-electron chi connectivity index (χ1n) is 8.91. The maximum Gasteiger partial charge on any atom is 0.225 e. The van der Waals surface area contributed by atoms with Crippen molar-refractivity contribution in [2.45, 2.75) is 39.8 Å². The Morgan fingerprint density at radius 3 is 2.23 bits per heavy atom. The Kier molecular flexibility index (Phi) is 5.21. The summed E-state index contributed by atoms with van der Waals surface area (Å²) in [5.41, 5.74) is 4.35. The fourth-order valence-electron chi connectivity index (χ4n) is 2.58. The first-order valence-corrected chi connectivity index (χ1v) is 8.91. The van der Waals surface area contributed by atoms with Gasteiger partial charge in [-0.1, -0.05) is 60.2 Å². The quantitative estimate of drug-likeness (QED) is 0.660. The zero-order valence-electron chi connectivity index (χ0n) is 15.9. The Hall–Kier alpha value is -2.88. The highest BCUT2D eigenvalue weighted by molar-refractivity contribution is 5.64. The van der Waals surface area contributed by atoms with Crippen LogP contribution < -0.4 is 10.6 Å². The average molecular weight is 346 g/mol. The number of nitrogens with zero attached hydrogens (tertiary/aromatic N) is 2. The molecule has 26 heavy (non-hydrogen) atoms. The summed E-state index contributed by atoms with van der Waals surface area (Å²) in [6, 6.07) is 20.7. The summed E-state index contributed by atoms with van der Waals surface area (Å²) >= 11 is 0. The van der Waals surface area contributed by atoms with Crippen LogP contribution in [-0.2, 0) is 6.54 Å². The molecule has 0 aliphatic carbocycles. The van der Waals surface area contributed by atoms with E-state index in [9.17, 15) is 0 Å². The van der Waals surface area contributed by atoms with Gasteiger partial charge in [0.2, 0.25) is 5.95 Å². The standard InChI is InChI=1S/C22H26N4/c1-16-10-12-17(13-11-16)15-23-20-14-19(18-8-6-5-7-9-18)24-21(25-20)26-22(2,3)4/h5-14H,15H2,1-4H3,(H2,23,24,25,26). The molecule has 1 heterocycles. The molecule has 0 radical (unpaired) electrons. The molecule has 4 nitrogen and oxygen atoms in total. The fraction of sp³-hybridized carbons (Fsp3) is 0.273. The minimum Gasteiger partial charge on any atom is -0.366 e. The van der Waals surface area contributed by atoms with Crippen molar-refractivity contribution in [2.24, 2.45) is 0 Å². The van der Waals surface area contributed by atoms with Crippen molar-refractivity contribution in [1.82, 2.24) is 9.97 Å². The van der Waals surface area contributed by atoms with Gasteiger partial charge in [0.1, 0.15) is 5.82 Å². The van der Waals surface area contributed by atoms with Crippen LogP contribution in [0.5, 0.6) is 0 Å². The van der Waals surface area contributed by atoms with E-state index < -0.39 is 0 Å². The average Bonchev–Trinajstić information content (AvgIpc) is 2.60. The van der Waals surface area contributed by atoms with Gasteiger partial charge in [0.05, 0.1) is 5.69 Å². The van der Waals surface area contributed by atoms with Gasteiger partial charge < -0.3 is 10.6 Å². The predicted molar refractivity (Wildman–Crippen MR) is 109 cm³/mol. The Balaban J connectivity index is 1.87. The molecule has 0 amide bonds. The lowest BCUT2D eigenvalue weighted by Crippen LogP contribution is -2.27. The van der Waals surface area contributed by atoms with E-state index in [4.69, 9.17) is 4.98 Å². The monoisotopic (exact) mass is 346 g/mol. The summed E-state index contributed by atoms with van der Waals surface area (Å²) in [4.78, 5) is 9.34. The van der Waals surface area contributed by atoms with Crippen molar-refractivity contribution < 1.29 is 0 Å². The van der Waals surface area contributed by atoms with Gasteiger partial charge in [0.25, 0.3) is 0 Å². The third-order valence-corrected chi connectivity index (χ3v) is 3.88. The van der Waals surface area contributed by atoms with Gasteiger partial charge in [-0.2, -0.15) is 4.98 Å². The Labute approximate surface area is 155 Å². The number of hydrogen-bond acceptors (Lipinski definition) is 4. The van der Waals surface area contributed by atoms with Crippen LogP contribution >= 0.6 is 0 Å². The van der Waals surface area contributed by atoms with E-state index in [0.717, 1.165) is 23.6 Å². The normalized spacial score (nSPS) is 11.2. The number of benzene rings is 2. The summed E-state index contributed by atoms with van der Waals surface area (Å²) in [6.45, 7) is 9.12. The van der Waals surface area contributed by atoms with Gasteiger partial charge in [-0.15, -0.1) is 0 Å². The number of anilines is 2. The first kappa shape index (κ1) is 17.9. The van der Waals surface area contributed by atoms with Crippen LogP contribution in [0.3, 0.4) is 0 Å². The molecule has 0 fully saturated rings. The number of aromatic nitrogens is 2. The zero-order chi connectivity index (χ0) is 18.6. The molecule has 2 N–H and O–H groups in total. The van der Waals surface area contributed by atoms with Crippen LogP contribution in [0, 0.1) is 6.92 Å². The molecule has 0 spiro atoms. The third kappa shape index (κ3) is 5.06. The molecule has 1 aromatic heterocycles. The fourth-order valence-corrected chi connectivity index (χ4v) is 2.58. The van der Waals surface area contributed by atoms with Crippen molar-refractivity contribution in [3.05, 3.63) is 71.8 Å². The van der Waals surface area contributed by atoms with Gasteiger partial charge >= 0.3 is 0 Å². The van der Waals surface area contributed by atoms with Crippen LogP contribution in [0.2, 0.25) is 0 Å². The molecule has 3 rings (SSSR count). The van der Waals surface area contributed by atoms with Gasteiger partial charge in [-0.05, 0) is 33.3 Å². The van der Waals surface area contributed by atoms with Crippen LogP contribution in [0.4, 0.5) is 11.8 Å². The Bertz CT molecular complexity index is 850. The Morgan fingerprint density at radius 1 is 0.885 bits per heavy atom. The highest BCUT2D eigenvalue weighted by Gasteiger charge is 2.13. The number of nitrogens with one attached hydrogen (secondary N) is 2. The molecule has 0 saturated heterocycles. The van der Waals surface area contributed by atoms with E-state index >= 15 is 0 Å². The maximum atomic E-state index is 4.69. The minimum absolute atomic E-state index is 0.108. The SMILES string of the molecule is Cc1ccc(CNc2cc(-c3ccccc3)nc(NC(C)(C)C)n2)cc1. The van der Waals surface area contributed by atoms with Crippen LogP contribution in [0.25, 0.3) is 11.3 Å². The number of aryl methyl sites for hydroxylation is 1. The second-order valence-corrected chi connectivity index (χ2v) is 7.54. The van der Waals surface area contributed by atoms with E-state index in [0.29, 0.717) is 5.95 Å². The lowest BCUT2D eigenvalue weighted by Gasteiger charge is -2.21. The molecule has 0 unspecified atom stereocenters. The maximum absolute atomic E-state index is 4.69. The summed E-state index contributed by atoms with van der Waals surface area (Å²) in [5.74, 6) is 1.44. The summed E-state index contributed by atoms with van der Waals surface area (Å²) in [5, 5.41) is 6.80. The third-order valence-electron chi connectivity index (χ3n) is 3.88. The second-order valence-electron chi connectivity index (χ2n) is 7.54. The molecule has 134 valence electrons. The number of rotatable bonds is 5. The minimum atomic E-state index is -0.108. The highest BCUT2D eigenvalue weighted by Crippen LogP contribution is 2.23. The molecule has 0 atom stereocenters. The lowest BCUT2D eigenvalue weighted by atomic mass is 10.1. The molecular formula is C22H26N4. The topological polar surface area (TPSA) is 49.8 Å². The molecule has 0 aliphatic heterocycles. The second kappa shape index (κ2) is 7.56. The van der Waals surface area contributed by atoms with Crippen LogP contribution in [-0.4, -0.2) is 15.5 Å². The van der Waals surface area contributed by atoms with Crippen LogP contribution in [0.15, 0.2) is 60.7 Å². The van der Waals surface area contributed by atoms with E-state index in [1.807, 2.05) is 24.3 Å². The van der Waals surface area contributed by atoms with Crippen molar-refractivity contribution in [3.63, 3.8) is 0 Å². The lowest BCUT2D eigenvalue weighted by molar-refractivity contribution is 0.626. The molecule has 4 heteroatoms. The predicted octanol–water partition coefficient (Wildman–Crippen LogP) is 5.27. The molecule has 0 saturated carbocycles. The smallest absolute Gasteiger partial charge is 0.225 e. The summed E-state index contributed by atoms with van der Waals surface area (Å²) in [6.07, 6.45) is 0. The van der Waals surface area contributed by atoms with Gasteiger partial charge in [-0.25, -0.2) is 4.98 Å². The molecule has 0 aliphatic rings. The number of hydrogen-bond donors (Lipinski definition) is 2. The first-order chi connectivity index (χ1) is 12.4. The van der Waals surface area contributed by atoms with Crippen molar-refractivity contribution >= 4 is 11.8 Å².